The van der Waals surface area contributed by atoms with Crippen LogP contribution in [-0.4, -0.2) is 19.0 Å². The number of rotatable bonds is 4. The highest BCUT2D eigenvalue weighted by Crippen LogP contribution is 2.41. The van der Waals surface area contributed by atoms with Gasteiger partial charge in [0.15, 0.2) is 0 Å². The lowest BCUT2D eigenvalue weighted by Crippen LogP contribution is -2.17. The Labute approximate surface area is 166 Å². The van der Waals surface area contributed by atoms with Crippen LogP contribution in [0.2, 0.25) is 10.0 Å². The highest BCUT2D eigenvalue weighted by atomic mass is 35.5. The Kier molecular flexibility index (Phi) is 5.90. The van der Waals surface area contributed by atoms with Gasteiger partial charge in [0.1, 0.15) is 5.00 Å². The van der Waals surface area contributed by atoms with Crippen molar-refractivity contribution in [3.8, 4) is 0 Å². The fourth-order valence-corrected chi connectivity index (χ4v) is 5.20. The van der Waals surface area contributed by atoms with Crippen LogP contribution in [0.25, 0.3) is 0 Å². The number of hydrogen-bond donors (Lipinski definition) is 1. The SMILES string of the molecule is CCC1CCc2c(sc(NC(=O)c3c(Cl)cccc3Cl)c2C(=O)OC)C1. The third kappa shape index (κ3) is 3.61. The van der Waals surface area contributed by atoms with Crippen molar-refractivity contribution in [3.63, 3.8) is 0 Å². The third-order valence-electron chi connectivity index (χ3n) is 4.75. The van der Waals surface area contributed by atoms with E-state index in [-0.39, 0.29) is 15.6 Å². The van der Waals surface area contributed by atoms with Crippen molar-refractivity contribution in [2.45, 2.75) is 32.6 Å². The molecule has 1 aromatic carbocycles. The van der Waals surface area contributed by atoms with Crippen LogP contribution >= 0.6 is 34.5 Å². The van der Waals surface area contributed by atoms with Crippen LogP contribution in [0.5, 0.6) is 0 Å². The number of hydrogen-bond acceptors (Lipinski definition) is 4. The van der Waals surface area contributed by atoms with Gasteiger partial charge in [0.2, 0.25) is 0 Å². The van der Waals surface area contributed by atoms with Gasteiger partial charge in [-0.3, -0.25) is 4.79 Å². The van der Waals surface area contributed by atoms with E-state index in [1.807, 2.05) is 0 Å². The zero-order chi connectivity index (χ0) is 18.8. The van der Waals surface area contributed by atoms with E-state index in [1.54, 1.807) is 18.2 Å². The summed E-state index contributed by atoms with van der Waals surface area (Å²) >= 11 is 13.7. The van der Waals surface area contributed by atoms with Crippen molar-refractivity contribution in [2.75, 3.05) is 12.4 Å². The first-order valence-corrected chi connectivity index (χ1v) is 10.0. The Morgan fingerprint density at radius 1 is 1.27 bits per heavy atom. The standard InChI is InChI=1S/C19H19Cl2NO3S/c1-3-10-7-8-11-14(9-10)26-18(15(11)19(24)25-2)22-17(23)16-12(20)5-4-6-13(16)21/h4-6,10H,3,7-9H2,1-2H3,(H,22,23). The fraction of sp³-hybridized carbons (Fsp3) is 0.368. The molecule has 2 aromatic rings. The van der Waals surface area contributed by atoms with E-state index in [9.17, 15) is 9.59 Å². The molecule has 1 amide bonds. The molecule has 1 unspecified atom stereocenters. The molecule has 138 valence electrons. The van der Waals surface area contributed by atoms with Gasteiger partial charge in [-0.05, 0) is 42.9 Å². The summed E-state index contributed by atoms with van der Waals surface area (Å²) in [6.07, 6.45) is 3.87. The van der Waals surface area contributed by atoms with Gasteiger partial charge in [-0.15, -0.1) is 11.3 Å². The van der Waals surface area contributed by atoms with Gasteiger partial charge in [0.05, 0.1) is 28.3 Å². The topological polar surface area (TPSA) is 55.4 Å². The number of fused-ring (bicyclic) bond motifs is 1. The van der Waals surface area contributed by atoms with Gasteiger partial charge in [0, 0.05) is 4.88 Å². The lowest BCUT2D eigenvalue weighted by molar-refractivity contribution is 0.0601. The van der Waals surface area contributed by atoms with E-state index in [0.29, 0.717) is 16.5 Å². The maximum absolute atomic E-state index is 12.7. The number of ether oxygens (including phenoxy) is 1. The van der Waals surface area contributed by atoms with Crippen LogP contribution in [0, 0.1) is 5.92 Å². The number of carbonyl (C=O) groups is 2. The van der Waals surface area contributed by atoms with Gasteiger partial charge >= 0.3 is 5.97 Å². The highest BCUT2D eigenvalue weighted by Gasteiger charge is 2.30. The van der Waals surface area contributed by atoms with E-state index >= 15 is 0 Å². The summed E-state index contributed by atoms with van der Waals surface area (Å²) in [5.41, 5.74) is 1.65. The molecule has 4 nitrogen and oxygen atoms in total. The number of carbonyl (C=O) groups excluding carboxylic acids is 2. The Hall–Kier alpha value is -1.56. The molecule has 0 aliphatic heterocycles. The van der Waals surface area contributed by atoms with Crippen LogP contribution in [0.4, 0.5) is 5.00 Å². The van der Waals surface area contributed by atoms with Gasteiger partial charge in [-0.2, -0.15) is 0 Å². The molecule has 1 aromatic heterocycles. The Morgan fingerprint density at radius 3 is 2.58 bits per heavy atom. The van der Waals surface area contributed by atoms with Crippen molar-refractivity contribution in [1.29, 1.82) is 0 Å². The fourth-order valence-electron chi connectivity index (χ4n) is 3.29. The highest BCUT2D eigenvalue weighted by molar-refractivity contribution is 7.17. The summed E-state index contributed by atoms with van der Waals surface area (Å²) in [5.74, 6) is -0.261. The second-order valence-electron chi connectivity index (χ2n) is 6.27. The smallest absolute Gasteiger partial charge is 0.341 e. The Bertz CT molecular complexity index is 842. The van der Waals surface area contributed by atoms with E-state index in [0.717, 1.165) is 36.1 Å². The zero-order valence-corrected chi connectivity index (χ0v) is 16.9. The first kappa shape index (κ1) is 19.2. The van der Waals surface area contributed by atoms with Crippen LogP contribution in [0.15, 0.2) is 18.2 Å². The third-order valence-corrected chi connectivity index (χ3v) is 6.55. The minimum atomic E-state index is -0.434. The molecule has 0 fully saturated rings. The number of anilines is 1. The molecule has 0 radical (unpaired) electrons. The van der Waals surface area contributed by atoms with Crippen LogP contribution in [0.3, 0.4) is 0 Å². The van der Waals surface area contributed by atoms with Crippen molar-refractivity contribution >= 4 is 51.4 Å². The Balaban J connectivity index is 1.98. The van der Waals surface area contributed by atoms with Crippen molar-refractivity contribution in [1.82, 2.24) is 0 Å². The minimum Gasteiger partial charge on any atom is -0.465 e. The Morgan fingerprint density at radius 2 is 1.96 bits per heavy atom. The normalized spacial score (nSPS) is 16.1. The van der Waals surface area contributed by atoms with Gasteiger partial charge < -0.3 is 10.1 Å². The quantitative estimate of drug-likeness (QED) is 0.665. The molecule has 3 rings (SSSR count). The first-order valence-electron chi connectivity index (χ1n) is 8.44. The van der Waals surface area contributed by atoms with Crippen molar-refractivity contribution in [2.24, 2.45) is 5.92 Å². The molecule has 1 N–H and O–H groups in total. The average molecular weight is 412 g/mol. The number of esters is 1. The maximum Gasteiger partial charge on any atom is 0.341 e. The molecule has 0 saturated carbocycles. The number of nitrogens with one attached hydrogen (secondary N) is 1. The second kappa shape index (κ2) is 7.99. The molecule has 1 atom stereocenters. The molecule has 26 heavy (non-hydrogen) atoms. The molecule has 0 saturated heterocycles. The summed E-state index contributed by atoms with van der Waals surface area (Å²) in [4.78, 5) is 26.2. The molecule has 0 spiro atoms. The zero-order valence-electron chi connectivity index (χ0n) is 14.5. The maximum atomic E-state index is 12.7. The molecule has 1 aliphatic rings. The van der Waals surface area contributed by atoms with E-state index in [1.165, 1.54) is 18.4 Å². The van der Waals surface area contributed by atoms with E-state index in [2.05, 4.69) is 12.2 Å². The van der Waals surface area contributed by atoms with Crippen molar-refractivity contribution in [3.05, 3.63) is 49.8 Å². The first-order chi connectivity index (χ1) is 12.5. The predicted octanol–water partition coefficient (Wildman–Crippen LogP) is 5.61. The summed E-state index contributed by atoms with van der Waals surface area (Å²) in [6.45, 7) is 2.17. The van der Waals surface area contributed by atoms with Gasteiger partial charge in [-0.1, -0.05) is 42.6 Å². The number of thiophene rings is 1. The number of amides is 1. The van der Waals surface area contributed by atoms with Gasteiger partial charge in [-0.25, -0.2) is 4.79 Å². The average Bonchev–Trinajstić information content (AvgIpc) is 2.97. The van der Waals surface area contributed by atoms with Crippen LogP contribution in [-0.2, 0) is 17.6 Å². The summed E-state index contributed by atoms with van der Waals surface area (Å²) in [6, 6.07) is 4.89. The molecule has 1 aliphatic carbocycles. The number of benzene rings is 1. The predicted molar refractivity (Wildman–Crippen MR) is 106 cm³/mol. The largest absolute Gasteiger partial charge is 0.465 e. The summed E-state index contributed by atoms with van der Waals surface area (Å²) in [5, 5.41) is 3.85. The van der Waals surface area contributed by atoms with Gasteiger partial charge in [0.25, 0.3) is 5.91 Å². The lowest BCUT2D eigenvalue weighted by Gasteiger charge is -2.20. The minimum absolute atomic E-state index is 0.199. The lowest BCUT2D eigenvalue weighted by atomic mass is 9.85. The van der Waals surface area contributed by atoms with Crippen molar-refractivity contribution < 1.29 is 14.3 Å². The molecular weight excluding hydrogens is 393 g/mol. The molecule has 0 bridgehead atoms. The summed E-state index contributed by atoms with van der Waals surface area (Å²) < 4.78 is 4.95. The van der Waals surface area contributed by atoms with E-state index in [4.69, 9.17) is 27.9 Å². The monoisotopic (exact) mass is 411 g/mol. The van der Waals surface area contributed by atoms with Crippen LogP contribution in [0.1, 0.15) is 50.9 Å². The number of methoxy groups -OCH3 is 1. The summed E-state index contributed by atoms with van der Waals surface area (Å²) in [7, 11) is 1.35. The molecule has 7 heteroatoms. The molecular formula is C19H19Cl2NO3S. The number of halogens is 2. The second-order valence-corrected chi connectivity index (χ2v) is 8.19. The molecule has 1 heterocycles. The van der Waals surface area contributed by atoms with Crippen LogP contribution < -0.4 is 5.32 Å². The van der Waals surface area contributed by atoms with E-state index < -0.39 is 11.9 Å².